The van der Waals surface area contributed by atoms with Gasteiger partial charge >= 0.3 is 0 Å². The monoisotopic (exact) mass is 364 g/mol. The standard InChI is InChI=1S/C13H8Cl4N2O2/c14-7-1-2-10(9(16)5-7)21-6-11(20)19-13-12(17)8(15)3-4-18-13/h1-5H,6H2,(H,18,19,20). The number of nitrogens with zero attached hydrogens (tertiary/aromatic N) is 1. The smallest absolute Gasteiger partial charge is 0.263 e. The molecule has 0 saturated carbocycles. The lowest BCUT2D eigenvalue weighted by Crippen LogP contribution is -2.21. The predicted octanol–water partition coefficient (Wildman–Crippen LogP) is 4.71. The molecule has 0 aliphatic rings. The largest absolute Gasteiger partial charge is 0.482 e. The zero-order valence-electron chi connectivity index (χ0n) is 10.4. The lowest BCUT2D eigenvalue weighted by Gasteiger charge is -2.09. The average Bonchev–Trinajstić information content (AvgIpc) is 2.43. The molecular formula is C13H8Cl4N2O2. The van der Waals surface area contributed by atoms with Crippen molar-refractivity contribution in [3.05, 3.63) is 50.6 Å². The lowest BCUT2D eigenvalue weighted by molar-refractivity contribution is -0.118. The van der Waals surface area contributed by atoms with Gasteiger partial charge in [-0.1, -0.05) is 46.4 Å². The van der Waals surface area contributed by atoms with Gasteiger partial charge in [0.1, 0.15) is 10.8 Å². The van der Waals surface area contributed by atoms with Crippen molar-refractivity contribution < 1.29 is 9.53 Å². The van der Waals surface area contributed by atoms with Gasteiger partial charge < -0.3 is 10.1 Å². The zero-order valence-corrected chi connectivity index (χ0v) is 13.4. The summed E-state index contributed by atoms with van der Waals surface area (Å²) in [6.45, 7) is -0.258. The highest BCUT2D eigenvalue weighted by Crippen LogP contribution is 2.28. The third-order valence-electron chi connectivity index (χ3n) is 2.35. The van der Waals surface area contributed by atoms with E-state index in [1.54, 1.807) is 12.1 Å². The molecule has 0 unspecified atom stereocenters. The first kappa shape index (κ1) is 16.2. The fourth-order valence-corrected chi connectivity index (χ4v) is 2.18. The first-order valence-corrected chi connectivity index (χ1v) is 7.16. The molecule has 0 spiro atoms. The van der Waals surface area contributed by atoms with Crippen LogP contribution in [0, 0.1) is 0 Å². The second-order valence-corrected chi connectivity index (χ2v) is 5.50. The molecule has 0 fully saturated rings. The number of hydrogen-bond donors (Lipinski definition) is 1. The Balaban J connectivity index is 1.97. The number of nitrogens with one attached hydrogen (secondary N) is 1. The number of benzene rings is 1. The molecule has 1 heterocycles. The number of hydrogen-bond acceptors (Lipinski definition) is 3. The number of carbonyl (C=O) groups excluding carboxylic acids is 1. The molecule has 8 heteroatoms. The molecule has 1 aromatic heterocycles. The second-order valence-electron chi connectivity index (χ2n) is 3.87. The number of aromatic nitrogens is 1. The Morgan fingerprint density at radius 3 is 2.62 bits per heavy atom. The van der Waals surface area contributed by atoms with Crippen molar-refractivity contribution in [3.63, 3.8) is 0 Å². The van der Waals surface area contributed by atoms with Crippen molar-refractivity contribution in [1.29, 1.82) is 0 Å². The summed E-state index contributed by atoms with van der Waals surface area (Å²) in [7, 11) is 0. The van der Waals surface area contributed by atoms with Gasteiger partial charge in [-0.15, -0.1) is 0 Å². The van der Waals surface area contributed by atoms with Gasteiger partial charge in [0.05, 0.1) is 10.0 Å². The van der Waals surface area contributed by atoms with Crippen LogP contribution >= 0.6 is 46.4 Å². The van der Waals surface area contributed by atoms with Crippen LogP contribution in [0.3, 0.4) is 0 Å². The molecule has 2 rings (SSSR count). The maximum atomic E-state index is 11.8. The summed E-state index contributed by atoms with van der Waals surface area (Å²) in [6, 6.07) is 6.22. The molecule has 0 aliphatic carbocycles. The molecule has 1 N–H and O–H groups in total. The van der Waals surface area contributed by atoms with Gasteiger partial charge in [0, 0.05) is 11.2 Å². The van der Waals surface area contributed by atoms with E-state index in [9.17, 15) is 4.79 Å². The van der Waals surface area contributed by atoms with Crippen LogP contribution in [0.2, 0.25) is 20.1 Å². The van der Waals surface area contributed by atoms with Crippen LogP contribution in [-0.2, 0) is 4.79 Å². The van der Waals surface area contributed by atoms with E-state index in [0.717, 1.165) is 0 Å². The molecule has 0 radical (unpaired) electrons. The van der Waals surface area contributed by atoms with Gasteiger partial charge in [-0.2, -0.15) is 0 Å². The SMILES string of the molecule is O=C(COc1ccc(Cl)cc1Cl)Nc1nccc(Cl)c1Cl. The minimum absolute atomic E-state index is 0.164. The van der Waals surface area contributed by atoms with Crippen molar-refractivity contribution in [2.75, 3.05) is 11.9 Å². The van der Waals surface area contributed by atoms with Crippen molar-refractivity contribution in [2.24, 2.45) is 0 Å². The van der Waals surface area contributed by atoms with Crippen LogP contribution in [0.25, 0.3) is 0 Å². The van der Waals surface area contributed by atoms with Crippen molar-refractivity contribution in [3.8, 4) is 5.75 Å². The summed E-state index contributed by atoms with van der Waals surface area (Å²) in [6.07, 6.45) is 1.43. The van der Waals surface area contributed by atoms with Crippen LogP contribution in [0.1, 0.15) is 0 Å². The summed E-state index contributed by atoms with van der Waals surface area (Å²) in [4.78, 5) is 15.7. The fraction of sp³-hybridized carbons (Fsp3) is 0.0769. The van der Waals surface area contributed by atoms with Crippen molar-refractivity contribution in [1.82, 2.24) is 4.98 Å². The van der Waals surface area contributed by atoms with Gasteiger partial charge in [-0.05, 0) is 24.3 Å². The predicted molar refractivity (Wildman–Crippen MR) is 84.8 cm³/mol. The minimum atomic E-state index is -0.447. The first-order chi connectivity index (χ1) is 9.97. The number of amides is 1. The van der Waals surface area contributed by atoms with Gasteiger partial charge in [-0.3, -0.25) is 4.79 Å². The molecule has 0 aliphatic heterocycles. The quantitative estimate of drug-likeness (QED) is 0.853. The Morgan fingerprint density at radius 2 is 1.90 bits per heavy atom. The van der Waals surface area contributed by atoms with Crippen LogP contribution in [0.15, 0.2) is 30.5 Å². The fourth-order valence-electron chi connectivity index (χ4n) is 1.41. The minimum Gasteiger partial charge on any atom is -0.482 e. The van der Waals surface area contributed by atoms with Gasteiger partial charge in [-0.25, -0.2) is 4.98 Å². The highest BCUT2D eigenvalue weighted by molar-refractivity contribution is 6.43. The van der Waals surface area contributed by atoms with E-state index >= 15 is 0 Å². The molecule has 1 amide bonds. The second kappa shape index (κ2) is 7.18. The molecule has 0 atom stereocenters. The average molecular weight is 366 g/mol. The summed E-state index contributed by atoms with van der Waals surface area (Å²) in [5.41, 5.74) is 0. The first-order valence-electron chi connectivity index (χ1n) is 5.65. The Morgan fingerprint density at radius 1 is 1.14 bits per heavy atom. The summed E-state index contributed by atoms with van der Waals surface area (Å²) in [5, 5.41) is 3.74. The Bertz CT molecular complexity index is 679. The number of rotatable bonds is 4. The molecule has 0 bridgehead atoms. The van der Waals surface area contributed by atoms with Gasteiger partial charge in [0.25, 0.3) is 5.91 Å². The molecular weight excluding hydrogens is 358 g/mol. The number of pyridine rings is 1. The third-order valence-corrected chi connectivity index (χ3v) is 3.68. The highest BCUT2D eigenvalue weighted by Gasteiger charge is 2.11. The van der Waals surface area contributed by atoms with E-state index in [1.807, 2.05) is 0 Å². The summed E-state index contributed by atoms with van der Waals surface area (Å²) >= 11 is 23.4. The molecule has 2 aromatic rings. The van der Waals surface area contributed by atoms with E-state index in [2.05, 4.69) is 10.3 Å². The van der Waals surface area contributed by atoms with Gasteiger partial charge in [0.15, 0.2) is 12.4 Å². The van der Waals surface area contributed by atoms with Crippen LogP contribution < -0.4 is 10.1 Å². The van der Waals surface area contributed by atoms with E-state index in [4.69, 9.17) is 51.1 Å². The van der Waals surface area contributed by atoms with Crippen molar-refractivity contribution >= 4 is 58.1 Å². The Hall–Kier alpha value is -1.20. The normalized spacial score (nSPS) is 10.3. The molecule has 110 valence electrons. The maximum absolute atomic E-state index is 11.8. The number of ether oxygens (including phenoxy) is 1. The van der Waals surface area contributed by atoms with E-state index in [-0.39, 0.29) is 17.4 Å². The van der Waals surface area contributed by atoms with E-state index < -0.39 is 5.91 Å². The third kappa shape index (κ3) is 4.38. The van der Waals surface area contributed by atoms with E-state index in [0.29, 0.717) is 20.8 Å². The number of halogens is 4. The number of anilines is 1. The van der Waals surface area contributed by atoms with Crippen molar-refractivity contribution in [2.45, 2.75) is 0 Å². The molecule has 0 saturated heterocycles. The molecule has 1 aromatic carbocycles. The van der Waals surface area contributed by atoms with Crippen LogP contribution in [-0.4, -0.2) is 17.5 Å². The Kier molecular flexibility index (Phi) is 5.53. The number of carbonyl (C=O) groups is 1. The molecule has 4 nitrogen and oxygen atoms in total. The van der Waals surface area contributed by atoms with E-state index in [1.165, 1.54) is 18.3 Å². The summed E-state index contributed by atoms with van der Waals surface area (Å²) < 4.78 is 5.29. The van der Waals surface area contributed by atoms with Crippen LogP contribution in [0.4, 0.5) is 5.82 Å². The Labute approximate surface area is 140 Å². The zero-order chi connectivity index (χ0) is 15.4. The maximum Gasteiger partial charge on any atom is 0.263 e. The topological polar surface area (TPSA) is 51.2 Å². The highest BCUT2D eigenvalue weighted by atomic mass is 35.5. The molecule has 21 heavy (non-hydrogen) atoms. The lowest BCUT2D eigenvalue weighted by atomic mass is 10.3. The summed E-state index contributed by atoms with van der Waals surface area (Å²) in [5.74, 6) is 0.0685. The van der Waals surface area contributed by atoms with Gasteiger partial charge in [0.2, 0.25) is 0 Å². The van der Waals surface area contributed by atoms with Crippen LogP contribution in [0.5, 0.6) is 5.75 Å².